The molecule has 3 N–H and O–H groups in total. The monoisotopic (exact) mass is 308 g/mol. The maximum Gasteiger partial charge on any atom is 0.161 e. The zero-order chi connectivity index (χ0) is 15.8. The van der Waals surface area contributed by atoms with E-state index in [0.29, 0.717) is 5.75 Å². The fourth-order valence-electron chi connectivity index (χ4n) is 2.81. The molecule has 0 radical (unpaired) electrons. The lowest BCUT2D eigenvalue weighted by Gasteiger charge is -2.07. The molecule has 1 aliphatic heterocycles. The van der Waals surface area contributed by atoms with Crippen LogP contribution in [0.15, 0.2) is 42.7 Å². The molecule has 0 saturated carbocycles. The Balaban J connectivity index is 1.81. The number of fused-ring (bicyclic) bond motifs is 3. The van der Waals surface area contributed by atoms with Crippen LogP contribution < -0.4 is 14.8 Å². The average molecular weight is 308 g/mol. The standard InChI is InChI=1S/C17H16N4O2/c1-22-14-7-10-6-13-16(12(10)8-15(14)23-2)20-21-17(13)19-11-4-3-5-18-9-11/h3-9,19-21H,1-2H3. The van der Waals surface area contributed by atoms with Crippen molar-refractivity contribution in [3.63, 3.8) is 0 Å². The molecule has 0 unspecified atom stereocenters. The van der Waals surface area contributed by atoms with Crippen molar-refractivity contribution in [1.82, 2.24) is 15.2 Å². The number of pyridine rings is 1. The van der Waals surface area contributed by atoms with E-state index in [1.165, 1.54) is 0 Å². The number of nitrogens with one attached hydrogen (secondary N) is 3. The number of nitrogens with zero attached hydrogens (tertiary/aromatic N) is 1. The molecule has 1 aliphatic carbocycles. The third kappa shape index (κ3) is 2.15. The summed E-state index contributed by atoms with van der Waals surface area (Å²) in [5.41, 5.74) is 3.01. The molecular weight excluding hydrogens is 292 g/mol. The molecule has 1 aromatic carbocycles. The van der Waals surface area contributed by atoms with Crippen LogP contribution in [0.4, 0.5) is 11.5 Å². The molecule has 0 bridgehead atoms. The first-order valence-corrected chi connectivity index (χ1v) is 7.22. The number of benzene rings is 1. The summed E-state index contributed by atoms with van der Waals surface area (Å²) < 4.78 is 10.8. The van der Waals surface area contributed by atoms with E-state index in [2.05, 4.69) is 26.6 Å². The summed E-state index contributed by atoms with van der Waals surface area (Å²) >= 11 is 0. The van der Waals surface area contributed by atoms with Gasteiger partial charge in [0.25, 0.3) is 0 Å². The Morgan fingerprint density at radius 1 is 1.04 bits per heavy atom. The van der Waals surface area contributed by atoms with Crippen LogP contribution in [0.2, 0.25) is 0 Å². The van der Waals surface area contributed by atoms with Crippen molar-refractivity contribution in [2.45, 2.75) is 0 Å². The van der Waals surface area contributed by atoms with Gasteiger partial charge in [-0.05, 0) is 35.7 Å². The fraction of sp³-hybridized carbons (Fsp3) is 0.118. The van der Waals surface area contributed by atoms with Crippen molar-refractivity contribution in [3.8, 4) is 22.8 Å². The van der Waals surface area contributed by atoms with Crippen LogP contribution in [0.25, 0.3) is 22.0 Å². The number of aromatic nitrogens is 3. The first kappa shape index (κ1) is 13.5. The highest BCUT2D eigenvalue weighted by atomic mass is 16.5. The number of methoxy groups -OCH3 is 2. The number of ether oxygens (including phenoxy) is 2. The van der Waals surface area contributed by atoms with Gasteiger partial charge in [-0.3, -0.25) is 15.2 Å². The lowest BCUT2D eigenvalue weighted by molar-refractivity contribution is 0.356. The average Bonchev–Trinajstić information content (AvgIpc) is 3.14. The molecule has 0 atom stereocenters. The Kier molecular flexibility index (Phi) is 3.08. The third-order valence-electron chi connectivity index (χ3n) is 3.91. The Hall–Kier alpha value is -3.15. The van der Waals surface area contributed by atoms with E-state index in [4.69, 9.17) is 9.47 Å². The normalized spacial score (nSPS) is 11.0. The minimum Gasteiger partial charge on any atom is -0.493 e. The van der Waals surface area contributed by atoms with Crippen LogP contribution in [-0.4, -0.2) is 29.4 Å². The smallest absolute Gasteiger partial charge is 0.161 e. The number of H-pyrrole nitrogens is 2. The van der Waals surface area contributed by atoms with Crippen molar-refractivity contribution in [1.29, 1.82) is 0 Å². The summed E-state index contributed by atoms with van der Waals surface area (Å²) in [6.07, 6.45) is 3.53. The Morgan fingerprint density at radius 2 is 1.87 bits per heavy atom. The summed E-state index contributed by atoms with van der Waals surface area (Å²) in [4.78, 5) is 4.11. The summed E-state index contributed by atoms with van der Waals surface area (Å²) in [6, 6.07) is 9.93. The lowest BCUT2D eigenvalue weighted by atomic mass is 10.2. The van der Waals surface area contributed by atoms with E-state index in [1.807, 2.05) is 24.3 Å². The molecule has 4 rings (SSSR count). The zero-order valence-electron chi connectivity index (χ0n) is 12.8. The van der Waals surface area contributed by atoms with Gasteiger partial charge in [-0.2, -0.15) is 0 Å². The Bertz CT molecular complexity index is 927. The van der Waals surface area contributed by atoms with Crippen molar-refractivity contribution in [2.75, 3.05) is 19.5 Å². The van der Waals surface area contributed by atoms with Gasteiger partial charge in [0.05, 0.1) is 31.8 Å². The summed E-state index contributed by atoms with van der Waals surface area (Å²) in [5.74, 6) is 2.32. The molecule has 0 saturated heterocycles. The van der Waals surface area contributed by atoms with Gasteiger partial charge >= 0.3 is 0 Å². The van der Waals surface area contributed by atoms with Crippen LogP contribution in [0, 0.1) is 0 Å². The van der Waals surface area contributed by atoms with Gasteiger partial charge in [-0.25, -0.2) is 0 Å². The van der Waals surface area contributed by atoms with E-state index < -0.39 is 0 Å². The topological polar surface area (TPSA) is 75.0 Å². The molecular formula is C17H16N4O2. The minimum atomic E-state index is 0.712. The van der Waals surface area contributed by atoms with Gasteiger partial charge in [0, 0.05) is 17.1 Å². The van der Waals surface area contributed by atoms with E-state index in [-0.39, 0.29) is 0 Å². The summed E-state index contributed by atoms with van der Waals surface area (Å²) in [6.45, 7) is 0. The largest absolute Gasteiger partial charge is 0.493 e. The van der Waals surface area contributed by atoms with E-state index in [9.17, 15) is 0 Å². The maximum absolute atomic E-state index is 5.39. The number of aromatic amines is 2. The van der Waals surface area contributed by atoms with Gasteiger partial charge < -0.3 is 14.8 Å². The molecule has 116 valence electrons. The van der Waals surface area contributed by atoms with Gasteiger partial charge in [0.2, 0.25) is 0 Å². The highest BCUT2D eigenvalue weighted by molar-refractivity contribution is 6.05. The van der Waals surface area contributed by atoms with Crippen molar-refractivity contribution in [3.05, 3.63) is 42.7 Å². The molecule has 0 fully saturated rings. The highest BCUT2D eigenvalue weighted by Gasteiger charge is 2.19. The zero-order valence-corrected chi connectivity index (χ0v) is 12.8. The van der Waals surface area contributed by atoms with E-state index >= 15 is 0 Å². The number of anilines is 2. The third-order valence-corrected chi connectivity index (χ3v) is 3.91. The van der Waals surface area contributed by atoms with Crippen LogP contribution in [0.5, 0.6) is 11.5 Å². The van der Waals surface area contributed by atoms with Crippen LogP contribution >= 0.6 is 0 Å². The second-order valence-electron chi connectivity index (χ2n) is 5.22. The Morgan fingerprint density at radius 3 is 2.61 bits per heavy atom. The highest BCUT2D eigenvalue weighted by Crippen LogP contribution is 2.42. The molecule has 0 amide bonds. The number of rotatable bonds is 4. The summed E-state index contributed by atoms with van der Waals surface area (Å²) in [5, 5.41) is 11.9. The van der Waals surface area contributed by atoms with Crippen molar-refractivity contribution in [2.24, 2.45) is 0 Å². The molecule has 23 heavy (non-hydrogen) atoms. The lowest BCUT2D eigenvalue weighted by Crippen LogP contribution is -1.91. The van der Waals surface area contributed by atoms with E-state index in [0.717, 1.165) is 39.3 Å². The molecule has 1 aromatic heterocycles. The molecule has 0 spiro atoms. The second-order valence-corrected chi connectivity index (χ2v) is 5.22. The van der Waals surface area contributed by atoms with Gasteiger partial charge in [0.15, 0.2) is 11.5 Å². The molecule has 2 aliphatic rings. The predicted molar refractivity (Wildman–Crippen MR) is 89.9 cm³/mol. The summed E-state index contributed by atoms with van der Waals surface area (Å²) in [7, 11) is 3.28. The maximum atomic E-state index is 5.39. The van der Waals surface area contributed by atoms with Crippen molar-refractivity contribution >= 4 is 22.3 Å². The van der Waals surface area contributed by atoms with Gasteiger partial charge in [-0.1, -0.05) is 0 Å². The predicted octanol–water partition coefficient (Wildman–Crippen LogP) is 3.76. The molecule has 2 heterocycles. The van der Waals surface area contributed by atoms with Gasteiger partial charge in [-0.15, -0.1) is 0 Å². The van der Waals surface area contributed by atoms with E-state index in [1.54, 1.807) is 26.6 Å². The van der Waals surface area contributed by atoms with Crippen LogP contribution in [0.3, 0.4) is 0 Å². The van der Waals surface area contributed by atoms with Crippen LogP contribution in [0.1, 0.15) is 0 Å². The SMILES string of the molecule is COc1cc2cc3c(Nc4cccnc4)[nH][nH]c-3c2cc1OC. The van der Waals surface area contributed by atoms with Gasteiger partial charge in [0.1, 0.15) is 5.82 Å². The first-order valence-electron chi connectivity index (χ1n) is 7.22. The first-order chi connectivity index (χ1) is 11.3. The minimum absolute atomic E-state index is 0.712. The molecule has 2 aromatic rings. The van der Waals surface area contributed by atoms with Crippen molar-refractivity contribution < 1.29 is 9.47 Å². The fourth-order valence-corrected chi connectivity index (χ4v) is 2.81. The van der Waals surface area contributed by atoms with Crippen LogP contribution in [-0.2, 0) is 0 Å². The Labute approximate surface area is 132 Å². The molecule has 6 heteroatoms. The quantitative estimate of drug-likeness (QED) is 0.536. The number of hydrogen-bond acceptors (Lipinski definition) is 4. The molecule has 6 nitrogen and oxygen atoms in total. The number of hydrogen-bond donors (Lipinski definition) is 3. The second kappa shape index (κ2) is 5.24.